The summed E-state index contributed by atoms with van der Waals surface area (Å²) in [6.45, 7) is 0.849. The molecular weight excluding hydrogens is 248 g/mol. The van der Waals surface area contributed by atoms with E-state index in [-0.39, 0.29) is 5.92 Å². The van der Waals surface area contributed by atoms with E-state index in [1.807, 2.05) is 26.2 Å². The van der Waals surface area contributed by atoms with Crippen molar-refractivity contribution in [3.05, 3.63) is 35.5 Å². The van der Waals surface area contributed by atoms with Gasteiger partial charge in [0, 0.05) is 41.7 Å². The van der Waals surface area contributed by atoms with E-state index in [0.29, 0.717) is 5.78 Å². The lowest BCUT2D eigenvalue weighted by molar-refractivity contribution is 0.0894. The number of hydrogen-bond donors (Lipinski definition) is 0. The molecule has 1 aromatic heterocycles. The topological polar surface area (TPSA) is 25.2 Å². The maximum absolute atomic E-state index is 13.0. The number of Topliss-reactive ketones (excluding diaryl/α,β-unsaturated/α-hetero) is 1. The van der Waals surface area contributed by atoms with Crippen molar-refractivity contribution in [2.45, 2.75) is 19.3 Å². The molecule has 2 aromatic rings. The Morgan fingerprint density at radius 3 is 2.80 bits per heavy atom. The molecule has 1 aliphatic carbocycles. The molecule has 3 rings (SSSR count). The van der Waals surface area contributed by atoms with Gasteiger partial charge >= 0.3 is 0 Å². The fourth-order valence-corrected chi connectivity index (χ4v) is 3.48. The first-order chi connectivity index (χ1) is 9.59. The molecule has 0 spiro atoms. The molecule has 0 amide bonds. The summed E-state index contributed by atoms with van der Waals surface area (Å²) in [5.41, 5.74) is 3.38. The quantitative estimate of drug-likeness (QED) is 0.784. The number of aryl methyl sites for hydroxylation is 1. The average molecular weight is 270 g/mol. The number of rotatable bonds is 2. The zero-order valence-corrected chi connectivity index (χ0v) is 12.5. The Bertz CT molecular complexity index is 654. The molecule has 3 heteroatoms. The third-order valence-electron chi connectivity index (χ3n) is 4.40. The summed E-state index contributed by atoms with van der Waals surface area (Å²) in [6.07, 6.45) is 3.11. The Balaban J connectivity index is 2.15. The van der Waals surface area contributed by atoms with Crippen LogP contribution in [0.4, 0.5) is 0 Å². The van der Waals surface area contributed by atoms with E-state index in [1.165, 1.54) is 11.2 Å². The SMILES string of the molecule is CN(C)CC1CCCc2c(c3ccccc3n2C)C1=O. The van der Waals surface area contributed by atoms with Gasteiger partial charge < -0.3 is 9.47 Å². The summed E-state index contributed by atoms with van der Waals surface area (Å²) in [6, 6.07) is 8.27. The zero-order chi connectivity index (χ0) is 14.3. The van der Waals surface area contributed by atoms with Gasteiger partial charge in [-0.05, 0) is 39.4 Å². The van der Waals surface area contributed by atoms with Crippen LogP contribution in [0, 0.1) is 5.92 Å². The van der Waals surface area contributed by atoms with Crippen LogP contribution >= 0.6 is 0 Å². The lowest BCUT2D eigenvalue weighted by Gasteiger charge is -2.18. The van der Waals surface area contributed by atoms with Crippen LogP contribution < -0.4 is 0 Å². The van der Waals surface area contributed by atoms with Gasteiger partial charge in [0.15, 0.2) is 5.78 Å². The van der Waals surface area contributed by atoms with Gasteiger partial charge in [0.2, 0.25) is 0 Å². The molecule has 0 saturated carbocycles. The molecule has 0 saturated heterocycles. The fraction of sp³-hybridized carbons (Fsp3) is 0.471. The van der Waals surface area contributed by atoms with E-state index in [0.717, 1.165) is 36.8 Å². The first kappa shape index (κ1) is 13.4. The summed E-state index contributed by atoms with van der Waals surface area (Å²) < 4.78 is 2.21. The Hall–Kier alpha value is -1.61. The predicted molar refractivity (Wildman–Crippen MR) is 82.2 cm³/mol. The van der Waals surface area contributed by atoms with Crippen molar-refractivity contribution in [1.82, 2.24) is 9.47 Å². The molecule has 3 nitrogen and oxygen atoms in total. The summed E-state index contributed by atoms with van der Waals surface area (Å²) in [4.78, 5) is 15.1. The van der Waals surface area contributed by atoms with Crippen molar-refractivity contribution >= 4 is 16.7 Å². The summed E-state index contributed by atoms with van der Waals surface area (Å²) in [5.74, 6) is 0.472. The largest absolute Gasteiger partial charge is 0.347 e. The van der Waals surface area contributed by atoms with Crippen molar-refractivity contribution in [3.63, 3.8) is 0 Å². The number of carbonyl (C=O) groups is 1. The van der Waals surface area contributed by atoms with E-state index in [1.54, 1.807) is 0 Å². The second-order valence-electron chi connectivity index (χ2n) is 6.11. The number of para-hydroxylation sites is 1. The standard InChI is InChI=1S/C17H22N2O/c1-18(2)11-12-7-6-10-15-16(17(12)20)13-8-4-5-9-14(13)19(15)3/h4-5,8-9,12H,6-7,10-11H2,1-3H3. The van der Waals surface area contributed by atoms with Gasteiger partial charge in [0.05, 0.1) is 0 Å². The third kappa shape index (κ3) is 2.06. The van der Waals surface area contributed by atoms with Crippen molar-refractivity contribution in [2.24, 2.45) is 13.0 Å². The molecule has 20 heavy (non-hydrogen) atoms. The number of benzene rings is 1. The Kier molecular flexibility index (Phi) is 3.38. The molecule has 1 heterocycles. The molecular formula is C17H22N2O. The number of hydrogen-bond acceptors (Lipinski definition) is 2. The van der Waals surface area contributed by atoms with Gasteiger partial charge in [-0.1, -0.05) is 18.2 Å². The molecule has 0 aliphatic heterocycles. The van der Waals surface area contributed by atoms with Crippen LogP contribution in [0.15, 0.2) is 24.3 Å². The minimum atomic E-state index is 0.136. The van der Waals surface area contributed by atoms with Crippen molar-refractivity contribution in [2.75, 3.05) is 20.6 Å². The van der Waals surface area contributed by atoms with E-state index in [4.69, 9.17) is 0 Å². The normalized spacial score (nSPS) is 19.4. The number of fused-ring (bicyclic) bond motifs is 3. The Morgan fingerprint density at radius 2 is 2.05 bits per heavy atom. The highest BCUT2D eigenvalue weighted by Gasteiger charge is 2.29. The van der Waals surface area contributed by atoms with Crippen LogP contribution in [-0.2, 0) is 13.5 Å². The fourth-order valence-electron chi connectivity index (χ4n) is 3.48. The Labute approximate surface area is 120 Å². The highest BCUT2D eigenvalue weighted by Crippen LogP contribution is 2.32. The summed E-state index contributed by atoms with van der Waals surface area (Å²) >= 11 is 0. The molecule has 106 valence electrons. The minimum Gasteiger partial charge on any atom is -0.347 e. The maximum atomic E-state index is 13.0. The molecule has 1 aromatic carbocycles. The molecule has 0 bridgehead atoms. The maximum Gasteiger partial charge on any atom is 0.169 e. The van der Waals surface area contributed by atoms with E-state index in [2.05, 4.69) is 28.6 Å². The van der Waals surface area contributed by atoms with Crippen LogP contribution in [0.3, 0.4) is 0 Å². The van der Waals surface area contributed by atoms with Crippen molar-refractivity contribution < 1.29 is 4.79 Å². The van der Waals surface area contributed by atoms with Gasteiger partial charge in [0.1, 0.15) is 0 Å². The minimum absolute atomic E-state index is 0.136. The smallest absolute Gasteiger partial charge is 0.169 e. The predicted octanol–water partition coefficient (Wildman–Crippen LogP) is 2.88. The number of carbonyl (C=O) groups excluding carboxylic acids is 1. The van der Waals surface area contributed by atoms with Gasteiger partial charge in [-0.3, -0.25) is 4.79 Å². The molecule has 0 radical (unpaired) electrons. The number of ketones is 1. The third-order valence-corrected chi connectivity index (χ3v) is 4.40. The summed E-state index contributed by atoms with van der Waals surface area (Å²) in [7, 11) is 6.17. The monoisotopic (exact) mass is 270 g/mol. The second-order valence-corrected chi connectivity index (χ2v) is 6.11. The summed E-state index contributed by atoms with van der Waals surface area (Å²) in [5, 5.41) is 1.13. The molecule has 1 atom stereocenters. The lowest BCUT2D eigenvalue weighted by atomic mass is 9.94. The van der Waals surface area contributed by atoms with Crippen LogP contribution in [0.1, 0.15) is 28.9 Å². The highest BCUT2D eigenvalue weighted by molar-refractivity contribution is 6.10. The van der Waals surface area contributed by atoms with Gasteiger partial charge in [-0.2, -0.15) is 0 Å². The second kappa shape index (κ2) is 5.06. The van der Waals surface area contributed by atoms with Gasteiger partial charge in [-0.25, -0.2) is 0 Å². The number of aromatic nitrogens is 1. The van der Waals surface area contributed by atoms with Crippen molar-refractivity contribution in [3.8, 4) is 0 Å². The first-order valence-corrected chi connectivity index (χ1v) is 7.35. The highest BCUT2D eigenvalue weighted by atomic mass is 16.1. The molecule has 1 unspecified atom stereocenters. The molecule has 1 aliphatic rings. The lowest BCUT2D eigenvalue weighted by Crippen LogP contribution is -2.27. The van der Waals surface area contributed by atoms with E-state index >= 15 is 0 Å². The van der Waals surface area contributed by atoms with Crippen molar-refractivity contribution in [1.29, 1.82) is 0 Å². The zero-order valence-electron chi connectivity index (χ0n) is 12.5. The molecule has 0 fully saturated rings. The van der Waals surface area contributed by atoms with Crippen LogP contribution in [0.25, 0.3) is 10.9 Å². The number of nitrogens with zero attached hydrogens (tertiary/aromatic N) is 2. The molecule has 0 N–H and O–H groups in total. The van der Waals surface area contributed by atoms with E-state index in [9.17, 15) is 4.79 Å². The van der Waals surface area contributed by atoms with Crippen LogP contribution in [-0.4, -0.2) is 35.9 Å². The first-order valence-electron chi connectivity index (χ1n) is 7.35. The van der Waals surface area contributed by atoms with Gasteiger partial charge in [-0.15, -0.1) is 0 Å². The van der Waals surface area contributed by atoms with E-state index < -0.39 is 0 Å². The van der Waals surface area contributed by atoms with Crippen LogP contribution in [0.5, 0.6) is 0 Å². The van der Waals surface area contributed by atoms with Gasteiger partial charge in [0.25, 0.3) is 0 Å². The average Bonchev–Trinajstić information content (AvgIpc) is 2.59. The Morgan fingerprint density at radius 1 is 1.30 bits per heavy atom. The van der Waals surface area contributed by atoms with Crippen LogP contribution in [0.2, 0.25) is 0 Å².